The van der Waals surface area contributed by atoms with Crippen molar-refractivity contribution in [2.24, 2.45) is 13.0 Å². The van der Waals surface area contributed by atoms with E-state index < -0.39 is 0 Å². The van der Waals surface area contributed by atoms with Gasteiger partial charge in [0.25, 0.3) is 0 Å². The summed E-state index contributed by atoms with van der Waals surface area (Å²) in [5, 5.41) is 7.24. The number of anilines is 1. The fourth-order valence-electron chi connectivity index (χ4n) is 3.21. The second-order valence-corrected chi connectivity index (χ2v) is 6.78. The van der Waals surface area contributed by atoms with Crippen LogP contribution in [0.2, 0.25) is 0 Å². The molecule has 25 heavy (non-hydrogen) atoms. The van der Waals surface area contributed by atoms with Gasteiger partial charge in [-0.3, -0.25) is 14.3 Å². The van der Waals surface area contributed by atoms with Crippen molar-refractivity contribution in [3.8, 4) is 0 Å². The lowest BCUT2D eigenvalue weighted by atomic mass is 10.1. The van der Waals surface area contributed by atoms with Crippen molar-refractivity contribution in [3.05, 3.63) is 47.3 Å². The van der Waals surface area contributed by atoms with Gasteiger partial charge < -0.3 is 10.2 Å². The largest absolute Gasteiger partial charge is 0.349 e. The number of carbonyl (C=O) groups excluding carboxylic acids is 2. The number of benzene rings is 1. The van der Waals surface area contributed by atoms with Gasteiger partial charge in [0.1, 0.15) is 0 Å². The molecule has 1 N–H and O–H groups in total. The molecule has 2 amide bonds. The van der Waals surface area contributed by atoms with E-state index in [1.165, 1.54) is 0 Å². The van der Waals surface area contributed by atoms with Crippen molar-refractivity contribution in [1.29, 1.82) is 0 Å². The van der Waals surface area contributed by atoms with Gasteiger partial charge in [-0.2, -0.15) is 5.10 Å². The Hall–Kier alpha value is -2.63. The zero-order valence-corrected chi connectivity index (χ0v) is 15.1. The number of rotatable bonds is 4. The van der Waals surface area contributed by atoms with Crippen LogP contribution in [0.5, 0.6) is 0 Å². The highest BCUT2D eigenvalue weighted by Crippen LogP contribution is 2.26. The third-order valence-electron chi connectivity index (χ3n) is 4.94. The highest BCUT2D eigenvalue weighted by atomic mass is 16.2. The van der Waals surface area contributed by atoms with Crippen LogP contribution in [0.4, 0.5) is 5.69 Å². The van der Waals surface area contributed by atoms with E-state index >= 15 is 0 Å². The molecule has 132 valence electrons. The van der Waals surface area contributed by atoms with Crippen LogP contribution >= 0.6 is 0 Å². The van der Waals surface area contributed by atoms with Gasteiger partial charge in [-0.25, -0.2) is 0 Å². The Labute approximate surface area is 147 Å². The Morgan fingerprint density at radius 2 is 1.96 bits per heavy atom. The molecule has 1 aliphatic heterocycles. The zero-order chi connectivity index (χ0) is 18.1. The van der Waals surface area contributed by atoms with Crippen molar-refractivity contribution in [2.45, 2.75) is 33.2 Å². The first-order chi connectivity index (χ1) is 11.9. The van der Waals surface area contributed by atoms with Crippen LogP contribution in [0.3, 0.4) is 0 Å². The lowest BCUT2D eigenvalue weighted by Crippen LogP contribution is -2.34. The predicted octanol–water partition coefficient (Wildman–Crippen LogP) is 2.27. The lowest BCUT2D eigenvalue weighted by Gasteiger charge is -2.18. The summed E-state index contributed by atoms with van der Waals surface area (Å²) in [5.74, 6) is -0.416. The molecule has 1 aromatic heterocycles. The van der Waals surface area contributed by atoms with Gasteiger partial charge >= 0.3 is 0 Å². The molecule has 2 heterocycles. The molecule has 1 aliphatic rings. The molecule has 2 aromatic rings. The standard InChI is InChI=1S/C19H24N4O2/c1-12-5-7-16(8-6-12)23-11-15(9-18(23)24)19(25)21-13(2)17-10-20-22(4)14(17)3/h5-8,10,13,15H,9,11H2,1-4H3,(H,21,25)/t13-,15-/m0/s1. The first-order valence-electron chi connectivity index (χ1n) is 8.52. The van der Waals surface area contributed by atoms with Crippen LogP contribution in [-0.2, 0) is 16.6 Å². The van der Waals surface area contributed by atoms with Gasteiger partial charge in [-0.15, -0.1) is 0 Å². The summed E-state index contributed by atoms with van der Waals surface area (Å²) in [6, 6.07) is 7.67. The van der Waals surface area contributed by atoms with Crippen LogP contribution in [0, 0.1) is 19.8 Å². The average molecular weight is 340 g/mol. The smallest absolute Gasteiger partial charge is 0.227 e. The van der Waals surface area contributed by atoms with Gasteiger partial charge in [-0.1, -0.05) is 17.7 Å². The molecule has 1 saturated heterocycles. The highest BCUT2D eigenvalue weighted by molar-refractivity contribution is 6.00. The molecule has 0 radical (unpaired) electrons. The topological polar surface area (TPSA) is 67.2 Å². The molecule has 6 nitrogen and oxygen atoms in total. The Balaban J connectivity index is 1.66. The average Bonchev–Trinajstić information content (AvgIpc) is 3.12. The Kier molecular flexibility index (Phi) is 4.61. The van der Waals surface area contributed by atoms with Crippen LogP contribution in [0.15, 0.2) is 30.5 Å². The van der Waals surface area contributed by atoms with E-state index in [4.69, 9.17) is 0 Å². The molecular weight excluding hydrogens is 316 g/mol. The molecular formula is C19H24N4O2. The van der Waals surface area contributed by atoms with Gasteiger partial charge in [0.05, 0.1) is 18.2 Å². The molecule has 0 bridgehead atoms. The predicted molar refractivity (Wildman–Crippen MR) is 96.1 cm³/mol. The number of nitrogens with zero attached hydrogens (tertiary/aromatic N) is 3. The maximum atomic E-state index is 12.6. The monoisotopic (exact) mass is 340 g/mol. The Morgan fingerprint density at radius 3 is 2.56 bits per heavy atom. The zero-order valence-electron chi connectivity index (χ0n) is 15.1. The van der Waals surface area contributed by atoms with Crippen molar-refractivity contribution >= 4 is 17.5 Å². The quantitative estimate of drug-likeness (QED) is 0.928. The Morgan fingerprint density at radius 1 is 1.28 bits per heavy atom. The number of aryl methyl sites for hydroxylation is 2. The van der Waals surface area contributed by atoms with E-state index in [-0.39, 0.29) is 30.2 Å². The van der Waals surface area contributed by atoms with Crippen molar-refractivity contribution in [3.63, 3.8) is 0 Å². The molecule has 1 fully saturated rings. The SMILES string of the molecule is Cc1ccc(N2C[C@@H](C(=O)N[C@@H](C)c3cnn(C)c3C)CC2=O)cc1. The van der Waals surface area contributed by atoms with E-state index in [0.717, 1.165) is 22.5 Å². The normalized spacial score (nSPS) is 18.5. The minimum atomic E-state index is -0.326. The molecule has 0 unspecified atom stereocenters. The van der Waals surface area contributed by atoms with Gasteiger partial charge in [0, 0.05) is 37.0 Å². The molecule has 0 saturated carbocycles. The van der Waals surface area contributed by atoms with Crippen LogP contribution in [0.25, 0.3) is 0 Å². The molecule has 3 rings (SSSR count). The van der Waals surface area contributed by atoms with E-state index in [1.807, 2.05) is 52.1 Å². The first-order valence-corrected chi connectivity index (χ1v) is 8.52. The summed E-state index contributed by atoms with van der Waals surface area (Å²) in [7, 11) is 1.88. The minimum absolute atomic E-state index is 0.00536. The third-order valence-corrected chi connectivity index (χ3v) is 4.94. The molecule has 0 spiro atoms. The minimum Gasteiger partial charge on any atom is -0.349 e. The summed E-state index contributed by atoms with van der Waals surface area (Å²) in [5.41, 5.74) is 4.01. The summed E-state index contributed by atoms with van der Waals surface area (Å²) in [6.07, 6.45) is 2.02. The third kappa shape index (κ3) is 3.43. The van der Waals surface area contributed by atoms with Crippen molar-refractivity contribution in [2.75, 3.05) is 11.4 Å². The van der Waals surface area contributed by atoms with E-state index in [1.54, 1.807) is 15.8 Å². The van der Waals surface area contributed by atoms with Gasteiger partial charge in [0.15, 0.2) is 0 Å². The second-order valence-electron chi connectivity index (χ2n) is 6.78. The maximum Gasteiger partial charge on any atom is 0.227 e. The van der Waals surface area contributed by atoms with Crippen LogP contribution < -0.4 is 10.2 Å². The fourth-order valence-corrected chi connectivity index (χ4v) is 3.21. The Bertz CT molecular complexity index is 794. The number of carbonyl (C=O) groups is 2. The number of amides is 2. The summed E-state index contributed by atoms with van der Waals surface area (Å²) in [4.78, 5) is 26.6. The van der Waals surface area contributed by atoms with Crippen molar-refractivity contribution in [1.82, 2.24) is 15.1 Å². The molecule has 0 aliphatic carbocycles. The number of hydrogen-bond acceptors (Lipinski definition) is 3. The van der Waals surface area contributed by atoms with Gasteiger partial charge in [-0.05, 0) is 32.9 Å². The molecule has 6 heteroatoms. The second kappa shape index (κ2) is 6.70. The first kappa shape index (κ1) is 17.2. The van der Waals surface area contributed by atoms with Crippen LogP contribution in [0.1, 0.15) is 36.2 Å². The maximum absolute atomic E-state index is 12.6. The molecule has 1 aromatic carbocycles. The van der Waals surface area contributed by atoms with Gasteiger partial charge in [0.2, 0.25) is 11.8 Å². The summed E-state index contributed by atoms with van der Waals surface area (Å²) in [6.45, 7) is 6.35. The van der Waals surface area contributed by atoms with Crippen molar-refractivity contribution < 1.29 is 9.59 Å². The summed E-state index contributed by atoms with van der Waals surface area (Å²) >= 11 is 0. The number of nitrogens with one attached hydrogen (secondary N) is 1. The van der Waals surface area contributed by atoms with Crippen LogP contribution in [-0.4, -0.2) is 28.1 Å². The van der Waals surface area contributed by atoms with E-state index in [9.17, 15) is 9.59 Å². The molecule has 2 atom stereocenters. The highest BCUT2D eigenvalue weighted by Gasteiger charge is 2.35. The summed E-state index contributed by atoms with van der Waals surface area (Å²) < 4.78 is 1.79. The lowest BCUT2D eigenvalue weighted by molar-refractivity contribution is -0.126. The van der Waals surface area contributed by atoms with E-state index in [2.05, 4.69) is 10.4 Å². The number of aromatic nitrogens is 2. The fraction of sp³-hybridized carbons (Fsp3) is 0.421. The number of hydrogen-bond donors (Lipinski definition) is 1. The van der Waals surface area contributed by atoms with E-state index in [0.29, 0.717) is 6.54 Å².